The fourth-order valence-corrected chi connectivity index (χ4v) is 5.79. The number of rotatable bonds is 13. The maximum Gasteiger partial charge on any atom is 0.138 e. The average Bonchev–Trinajstić information content (AvgIpc) is 2.77. The Balaban J connectivity index is 0.000000620. The number of nitrogens with zero attached hydrogens (tertiary/aromatic N) is 1. The van der Waals surface area contributed by atoms with Crippen LogP contribution in [0.5, 0.6) is 5.75 Å². The molecule has 0 heterocycles. The van der Waals surface area contributed by atoms with Gasteiger partial charge in [0.25, 0.3) is 0 Å². The molecule has 0 spiro atoms. The van der Waals surface area contributed by atoms with Crippen LogP contribution in [-0.2, 0) is 15.9 Å². The van der Waals surface area contributed by atoms with Crippen LogP contribution < -0.4 is 9.84 Å². The first kappa shape index (κ1) is 31.2. The minimum atomic E-state index is -2.26. The molecule has 1 N–H and O–H groups in total. The van der Waals surface area contributed by atoms with Crippen LogP contribution in [0.3, 0.4) is 0 Å². The van der Waals surface area contributed by atoms with E-state index in [-0.39, 0.29) is 4.90 Å². The number of hydrogen-bond acceptors (Lipinski definition) is 6. The third-order valence-corrected chi connectivity index (χ3v) is 8.60. The normalized spacial score (nSPS) is 17.5. The van der Waals surface area contributed by atoms with E-state index in [1.165, 1.54) is 25.7 Å². The fourth-order valence-electron chi connectivity index (χ4n) is 4.12. The Morgan fingerprint density at radius 3 is 2.53 bits per heavy atom. The van der Waals surface area contributed by atoms with Crippen LogP contribution in [0.4, 0.5) is 0 Å². The summed E-state index contributed by atoms with van der Waals surface area (Å²) < 4.78 is 28.7. The Morgan fingerprint density at radius 1 is 1.26 bits per heavy atom. The summed E-state index contributed by atoms with van der Waals surface area (Å²) in [6.45, 7) is 10.9. The quantitative estimate of drug-likeness (QED) is 0.162. The molecule has 8 heteroatoms. The smallest absolute Gasteiger partial charge is 0.138 e. The van der Waals surface area contributed by atoms with Crippen LogP contribution in [0, 0.1) is 12.3 Å². The van der Waals surface area contributed by atoms with E-state index >= 15 is 0 Å². The van der Waals surface area contributed by atoms with E-state index in [0.29, 0.717) is 23.6 Å². The number of carbonyl (C=O) groups is 1. The standard InChI is InChI=1S/C20H34NO3PS.C6H13NO/c1-16-7-8-19(26(22)23)18(15-16)24-25(5)14-6-13-21(4)17-9-11-20(2,3)12-10-17;1-7-5-3-2-4-6-8/h7-8,15,17H,6,9-14H2,1-5H3,(H,22,23);6-7H,2-5H2,1H3/p-1. The van der Waals surface area contributed by atoms with Gasteiger partial charge in [0, 0.05) is 18.6 Å². The molecule has 0 aromatic heterocycles. The molecule has 1 aliphatic carbocycles. The first-order chi connectivity index (χ1) is 16.1. The number of aldehydes is 1. The van der Waals surface area contributed by atoms with E-state index in [9.17, 15) is 13.6 Å². The zero-order valence-electron chi connectivity index (χ0n) is 22.1. The van der Waals surface area contributed by atoms with Crippen molar-refractivity contribution in [1.29, 1.82) is 0 Å². The van der Waals surface area contributed by atoms with Gasteiger partial charge in [-0.2, -0.15) is 0 Å². The van der Waals surface area contributed by atoms with Crippen molar-refractivity contribution in [2.24, 2.45) is 5.41 Å². The van der Waals surface area contributed by atoms with E-state index in [1.807, 2.05) is 20.0 Å². The van der Waals surface area contributed by atoms with Gasteiger partial charge < -0.3 is 24.1 Å². The summed E-state index contributed by atoms with van der Waals surface area (Å²) in [5.74, 6) is 0.495. The van der Waals surface area contributed by atoms with Gasteiger partial charge in [-0.25, -0.2) is 0 Å². The van der Waals surface area contributed by atoms with E-state index in [4.69, 9.17) is 4.52 Å². The van der Waals surface area contributed by atoms with E-state index < -0.39 is 19.2 Å². The molecule has 0 radical (unpaired) electrons. The Labute approximate surface area is 211 Å². The third-order valence-electron chi connectivity index (χ3n) is 6.45. The molecule has 1 aromatic carbocycles. The number of nitrogens with one attached hydrogen (secondary N) is 1. The molecule has 1 aromatic rings. The molecule has 1 saturated carbocycles. The van der Waals surface area contributed by atoms with Crippen LogP contribution in [0.25, 0.3) is 0 Å². The van der Waals surface area contributed by atoms with Crippen LogP contribution >= 0.6 is 8.15 Å². The lowest BCUT2D eigenvalue weighted by Crippen LogP contribution is -2.37. The Hall–Kier alpha value is -0.850. The topological polar surface area (TPSA) is 81.7 Å². The summed E-state index contributed by atoms with van der Waals surface area (Å²) in [5, 5.41) is 3.01. The Bertz CT molecular complexity index is 738. The Kier molecular flexibility index (Phi) is 15.4. The highest BCUT2D eigenvalue weighted by molar-refractivity contribution is 7.79. The molecule has 0 saturated heterocycles. The summed E-state index contributed by atoms with van der Waals surface area (Å²) in [7, 11) is 3.48. The first-order valence-corrected chi connectivity index (χ1v) is 15.4. The third kappa shape index (κ3) is 12.7. The number of benzene rings is 1. The summed E-state index contributed by atoms with van der Waals surface area (Å²) in [4.78, 5) is 12.5. The number of hydrogen-bond donors (Lipinski definition) is 1. The second-order valence-electron chi connectivity index (χ2n) is 10.1. The summed E-state index contributed by atoms with van der Waals surface area (Å²) in [5.41, 5.74) is 1.52. The zero-order chi connectivity index (χ0) is 25.6. The molecular weight excluding hydrogens is 467 g/mol. The highest BCUT2D eigenvalue weighted by Crippen LogP contribution is 2.39. The maximum absolute atomic E-state index is 11.4. The van der Waals surface area contributed by atoms with E-state index in [1.54, 1.807) is 12.1 Å². The van der Waals surface area contributed by atoms with Crippen LogP contribution in [0.15, 0.2) is 23.1 Å². The molecule has 0 aliphatic heterocycles. The summed E-state index contributed by atoms with van der Waals surface area (Å²) in [6, 6.07) is 5.95. The van der Waals surface area contributed by atoms with Crippen molar-refractivity contribution < 1.29 is 18.1 Å². The predicted octanol–water partition coefficient (Wildman–Crippen LogP) is 5.50. The van der Waals surface area contributed by atoms with Gasteiger partial charge in [0.05, 0.1) is 13.0 Å². The molecule has 2 atom stereocenters. The van der Waals surface area contributed by atoms with Crippen LogP contribution in [-0.4, -0.2) is 66.0 Å². The minimum Gasteiger partial charge on any atom is -0.768 e. The van der Waals surface area contributed by atoms with Crippen molar-refractivity contribution >= 4 is 25.5 Å². The molecule has 1 fully saturated rings. The first-order valence-electron chi connectivity index (χ1n) is 12.5. The van der Waals surface area contributed by atoms with Gasteiger partial charge in [-0.15, -0.1) is 0 Å². The zero-order valence-corrected chi connectivity index (χ0v) is 23.8. The van der Waals surface area contributed by atoms with Crippen molar-refractivity contribution in [2.75, 3.05) is 40.0 Å². The van der Waals surface area contributed by atoms with Gasteiger partial charge in [-0.05, 0) is 120 Å². The van der Waals surface area contributed by atoms with Gasteiger partial charge in [-0.3, -0.25) is 4.21 Å². The molecule has 6 nitrogen and oxygen atoms in total. The lowest BCUT2D eigenvalue weighted by Gasteiger charge is -2.38. The molecule has 196 valence electrons. The molecule has 2 rings (SSSR count). The minimum absolute atomic E-state index is 0.256. The highest BCUT2D eigenvalue weighted by atomic mass is 32.2. The van der Waals surface area contributed by atoms with Crippen LogP contribution in [0.2, 0.25) is 0 Å². The SMILES string of the molecule is CNCCCCC=O.Cc1ccc(S(=O)[O-])c(OP(C)CCCN(C)C2CCC(C)(C)CC2)c1. The average molecular weight is 514 g/mol. The predicted molar refractivity (Wildman–Crippen MR) is 144 cm³/mol. The second kappa shape index (κ2) is 16.8. The second-order valence-corrected chi connectivity index (χ2v) is 12.9. The van der Waals surface area contributed by atoms with Crippen molar-refractivity contribution in [1.82, 2.24) is 10.2 Å². The molecular formula is C26H46N2O4PS-. The highest BCUT2D eigenvalue weighted by Gasteiger charge is 2.28. The van der Waals surface area contributed by atoms with Crippen LogP contribution in [0.1, 0.15) is 70.8 Å². The van der Waals surface area contributed by atoms with E-state index in [2.05, 4.69) is 37.8 Å². The monoisotopic (exact) mass is 513 g/mol. The molecule has 0 amide bonds. The van der Waals surface area contributed by atoms with E-state index in [0.717, 1.165) is 50.4 Å². The van der Waals surface area contributed by atoms with Crippen molar-refractivity contribution in [3.8, 4) is 5.75 Å². The summed E-state index contributed by atoms with van der Waals surface area (Å²) >= 11 is -2.26. The fraction of sp³-hybridized carbons (Fsp3) is 0.731. The molecule has 2 unspecified atom stereocenters. The number of unbranched alkanes of at least 4 members (excludes halogenated alkanes) is 2. The number of aryl methyl sites for hydroxylation is 1. The maximum atomic E-state index is 11.4. The largest absolute Gasteiger partial charge is 0.768 e. The summed E-state index contributed by atoms with van der Waals surface area (Å²) in [6.07, 6.45) is 11.1. The van der Waals surface area contributed by atoms with Crippen molar-refractivity contribution in [3.05, 3.63) is 23.8 Å². The number of carbonyl (C=O) groups excluding carboxylic acids is 1. The Morgan fingerprint density at radius 2 is 1.94 bits per heavy atom. The van der Waals surface area contributed by atoms with Gasteiger partial charge in [0.1, 0.15) is 12.0 Å². The molecule has 1 aliphatic rings. The lowest BCUT2D eigenvalue weighted by molar-refractivity contribution is -0.107. The van der Waals surface area contributed by atoms with Gasteiger partial charge in [0.2, 0.25) is 0 Å². The molecule has 34 heavy (non-hydrogen) atoms. The van der Waals surface area contributed by atoms with Gasteiger partial charge in [0.15, 0.2) is 0 Å². The van der Waals surface area contributed by atoms with Gasteiger partial charge >= 0.3 is 0 Å². The van der Waals surface area contributed by atoms with Gasteiger partial charge in [-0.1, -0.05) is 19.9 Å². The van der Waals surface area contributed by atoms with Crippen molar-refractivity contribution in [2.45, 2.75) is 83.1 Å². The molecule has 0 bridgehead atoms. The lowest BCUT2D eigenvalue weighted by atomic mass is 9.75. The van der Waals surface area contributed by atoms with Crippen molar-refractivity contribution in [3.63, 3.8) is 0 Å².